The van der Waals surface area contributed by atoms with E-state index in [0.717, 1.165) is 6.41 Å². The quantitative estimate of drug-likeness (QED) is 0.168. The van der Waals surface area contributed by atoms with E-state index < -0.39 is 11.0 Å². The van der Waals surface area contributed by atoms with Crippen LogP contribution in [0.2, 0.25) is 0 Å². The van der Waals surface area contributed by atoms with Crippen molar-refractivity contribution in [3.05, 3.63) is 39.9 Å². The second kappa shape index (κ2) is 12.6. The maximum absolute atomic E-state index is 11.3. The molecule has 0 heterocycles. The highest BCUT2D eigenvalue weighted by Gasteiger charge is 2.07. The minimum Gasteiger partial charge on any atom is -0.444 e. The van der Waals surface area contributed by atoms with Crippen LogP contribution in [0.1, 0.15) is 5.56 Å². The fourth-order valence-electron chi connectivity index (χ4n) is 1.21. The highest BCUT2D eigenvalue weighted by Crippen LogP contribution is 2.12. The van der Waals surface area contributed by atoms with Crippen LogP contribution in [0.3, 0.4) is 0 Å². The zero-order valence-electron chi connectivity index (χ0n) is 13.9. The average molecular weight is 371 g/mol. The van der Waals surface area contributed by atoms with Crippen molar-refractivity contribution in [1.82, 2.24) is 10.2 Å². The van der Waals surface area contributed by atoms with E-state index >= 15 is 0 Å². The number of nitrogens with zero attached hydrogens (tertiary/aromatic N) is 3. The number of nitrogens with one attached hydrogen (secondary N) is 1. The van der Waals surface area contributed by atoms with Crippen molar-refractivity contribution in [3.8, 4) is 0 Å². The molecule has 0 spiro atoms. The molecule has 0 aromatic heterocycles. The monoisotopic (exact) mass is 371 g/mol. The maximum atomic E-state index is 11.3. The molecule has 2 amide bonds. The predicted octanol–water partition coefficient (Wildman–Crippen LogP) is 0.770. The summed E-state index contributed by atoms with van der Waals surface area (Å²) in [4.78, 5) is 36.0. The van der Waals surface area contributed by atoms with Gasteiger partial charge in [0.25, 0.3) is 5.69 Å². The number of nitro groups is 1. The summed E-state index contributed by atoms with van der Waals surface area (Å²) in [6.07, 6.45) is 0.00349. The minimum absolute atomic E-state index is 0.0241. The lowest BCUT2D eigenvalue weighted by atomic mass is 10.2. The van der Waals surface area contributed by atoms with E-state index in [0.29, 0.717) is 17.9 Å². The molecule has 1 aromatic rings. The van der Waals surface area contributed by atoms with E-state index in [2.05, 4.69) is 22.9 Å². The average Bonchev–Trinajstić information content (AvgIpc) is 2.59. The SMILES string of the molecule is CN(C)C=O.NC(=NCCS)NC(=O)OCc1ccc([N+](=O)[O-])cc1. The zero-order valence-corrected chi connectivity index (χ0v) is 14.8. The van der Waals surface area contributed by atoms with Crippen LogP contribution in [0.4, 0.5) is 10.5 Å². The van der Waals surface area contributed by atoms with Gasteiger partial charge in [0.1, 0.15) is 6.61 Å². The number of aliphatic imine (C=N–C) groups is 1. The molecule has 138 valence electrons. The number of carbonyl (C=O) groups is 2. The highest BCUT2D eigenvalue weighted by molar-refractivity contribution is 7.80. The van der Waals surface area contributed by atoms with Crippen molar-refractivity contribution in [2.75, 3.05) is 26.4 Å². The fraction of sp³-hybridized carbons (Fsp3) is 0.357. The summed E-state index contributed by atoms with van der Waals surface area (Å²) >= 11 is 3.94. The van der Waals surface area contributed by atoms with Crippen molar-refractivity contribution in [2.45, 2.75) is 6.61 Å². The van der Waals surface area contributed by atoms with Crippen molar-refractivity contribution < 1.29 is 19.2 Å². The van der Waals surface area contributed by atoms with Crippen LogP contribution < -0.4 is 11.1 Å². The summed E-state index contributed by atoms with van der Waals surface area (Å²) in [5, 5.41) is 12.7. The number of thiol groups is 1. The summed E-state index contributed by atoms with van der Waals surface area (Å²) in [6, 6.07) is 5.67. The molecule has 0 saturated carbocycles. The number of hydrogen-bond acceptors (Lipinski definition) is 7. The summed E-state index contributed by atoms with van der Waals surface area (Å²) in [5.41, 5.74) is 6.01. The summed E-state index contributed by atoms with van der Waals surface area (Å²) in [7, 11) is 3.38. The van der Waals surface area contributed by atoms with Crippen LogP contribution in [0.25, 0.3) is 0 Å². The molecule has 0 aliphatic carbocycles. The molecule has 0 saturated heterocycles. The molecule has 0 aliphatic rings. The largest absolute Gasteiger partial charge is 0.444 e. The highest BCUT2D eigenvalue weighted by atomic mass is 32.1. The third-order valence-electron chi connectivity index (χ3n) is 2.34. The van der Waals surface area contributed by atoms with Crippen LogP contribution in [0.15, 0.2) is 29.3 Å². The third-order valence-corrected chi connectivity index (χ3v) is 2.54. The standard InChI is InChI=1S/C11H14N4O4S.C3H7NO/c12-10(13-5-6-20)14-11(16)19-7-8-1-3-9(4-2-8)15(17)18;1-4(2)3-5/h1-4,20H,5-7H2,(H3,12,13,14,16);3H,1-2H3. The lowest BCUT2D eigenvalue weighted by Gasteiger charge is -2.06. The van der Waals surface area contributed by atoms with Gasteiger partial charge < -0.3 is 15.4 Å². The summed E-state index contributed by atoms with van der Waals surface area (Å²) < 4.78 is 4.88. The zero-order chi connectivity index (χ0) is 19.2. The van der Waals surface area contributed by atoms with Crippen LogP contribution in [0, 0.1) is 10.1 Å². The van der Waals surface area contributed by atoms with Crippen LogP contribution in [-0.4, -0.2) is 54.7 Å². The van der Waals surface area contributed by atoms with Gasteiger partial charge in [0.05, 0.1) is 11.5 Å². The molecule has 0 bridgehead atoms. The lowest BCUT2D eigenvalue weighted by Crippen LogP contribution is -2.37. The van der Waals surface area contributed by atoms with E-state index in [1.807, 2.05) is 0 Å². The normalized spacial score (nSPS) is 10.1. The van der Waals surface area contributed by atoms with E-state index in [-0.39, 0.29) is 18.3 Å². The van der Waals surface area contributed by atoms with Gasteiger partial charge in [-0.05, 0) is 17.7 Å². The van der Waals surface area contributed by atoms with Gasteiger partial charge in [-0.2, -0.15) is 12.6 Å². The van der Waals surface area contributed by atoms with Crippen molar-refractivity contribution in [1.29, 1.82) is 0 Å². The van der Waals surface area contributed by atoms with Crippen LogP contribution in [0.5, 0.6) is 0 Å². The number of nitrogens with two attached hydrogens (primary N) is 1. The number of ether oxygens (including phenoxy) is 1. The van der Waals surface area contributed by atoms with Gasteiger partial charge in [-0.25, -0.2) is 4.79 Å². The van der Waals surface area contributed by atoms with Gasteiger partial charge >= 0.3 is 6.09 Å². The Balaban J connectivity index is 0.00000101. The van der Waals surface area contributed by atoms with Gasteiger partial charge in [-0.15, -0.1) is 0 Å². The number of non-ortho nitro benzene ring substituents is 1. The van der Waals surface area contributed by atoms with Gasteiger partial charge in [0, 0.05) is 32.0 Å². The number of guanidine groups is 1. The van der Waals surface area contributed by atoms with Gasteiger partial charge in [0.15, 0.2) is 5.96 Å². The maximum Gasteiger partial charge on any atom is 0.414 e. The number of benzene rings is 1. The Bertz CT molecular complexity index is 592. The molecule has 1 rings (SSSR count). The van der Waals surface area contributed by atoms with Crippen LogP contribution in [-0.2, 0) is 16.1 Å². The molecule has 0 aliphatic heterocycles. The minimum atomic E-state index is -0.747. The summed E-state index contributed by atoms with van der Waals surface area (Å²) in [5.74, 6) is 0.466. The number of nitro benzene ring substituents is 1. The first-order valence-corrected chi connectivity index (χ1v) is 7.63. The Labute approximate surface area is 150 Å². The molecule has 11 heteroatoms. The molecule has 0 atom stereocenters. The number of alkyl carbamates (subject to hydrolysis) is 1. The molecule has 0 fully saturated rings. The Morgan fingerprint density at radius 1 is 1.44 bits per heavy atom. The van der Waals surface area contributed by atoms with Gasteiger partial charge in [-0.1, -0.05) is 0 Å². The second-order valence-corrected chi connectivity index (χ2v) is 5.13. The van der Waals surface area contributed by atoms with E-state index in [4.69, 9.17) is 10.5 Å². The first kappa shape index (κ1) is 22.2. The van der Waals surface area contributed by atoms with E-state index in [9.17, 15) is 19.7 Å². The topological polar surface area (TPSA) is 140 Å². The molecule has 0 radical (unpaired) electrons. The van der Waals surface area contributed by atoms with Crippen LogP contribution >= 0.6 is 12.6 Å². The van der Waals surface area contributed by atoms with Crippen molar-refractivity contribution in [3.63, 3.8) is 0 Å². The molecule has 0 unspecified atom stereocenters. The Morgan fingerprint density at radius 3 is 2.44 bits per heavy atom. The fourth-order valence-corrected chi connectivity index (χ4v) is 1.31. The molecule has 3 N–H and O–H groups in total. The summed E-state index contributed by atoms with van der Waals surface area (Å²) in [6.45, 7) is 0.362. The smallest absolute Gasteiger partial charge is 0.414 e. The number of rotatable bonds is 6. The Morgan fingerprint density at radius 2 is 2.00 bits per heavy atom. The molecular formula is C14H21N5O5S. The van der Waals surface area contributed by atoms with E-state index in [1.165, 1.54) is 29.2 Å². The Kier molecular flexibility index (Phi) is 11.2. The first-order valence-electron chi connectivity index (χ1n) is 6.99. The predicted molar refractivity (Wildman–Crippen MR) is 96.5 cm³/mol. The third kappa shape index (κ3) is 11.4. The number of carbonyl (C=O) groups excluding carboxylic acids is 2. The second-order valence-electron chi connectivity index (χ2n) is 4.68. The lowest BCUT2D eigenvalue weighted by molar-refractivity contribution is -0.384. The molecule has 10 nitrogen and oxygen atoms in total. The van der Waals surface area contributed by atoms with Crippen molar-refractivity contribution >= 4 is 36.8 Å². The first-order chi connectivity index (χ1) is 11.8. The Hall–Kier alpha value is -2.82. The number of amides is 2. The molecular weight excluding hydrogens is 350 g/mol. The van der Waals surface area contributed by atoms with Gasteiger partial charge in [-0.3, -0.25) is 25.2 Å². The van der Waals surface area contributed by atoms with E-state index in [1.54, 1.807) is 14.1 Å². The van der Waals surface area contributed by atoms with Gasteiger partial charge in [0.2, 0.25) is 6.41 Å². The molecule has 1 aromatic carbocycles. The number of hydrogen-bond donors (Lipinski definition) is 3. The van der Waals surface area contributed by atoms with Crippen molar-refractivity contribution in [2.24, 2.45) is 10.7 Å². The molecule has 25 heavy (non-hydrogen) atoms.